The van der Waals surface area contributed by atoms with E-state index in [1.807, 2.05) is 30.3 Å². The molecule has 2 amide bonds. The standard InChI is InChI=1S/C23H20Cl2N2O3S/c1-30-21-10-9-17(25)12-20(21)27-23(29)14-31-19-4-2-3-18(13-19)26-22(28)11-15-5-7-16(24)8-6-15/h2-10,12-13H,11,14H2,1H3,(H,26,28)(H,27,29). The molecule has 3 rings (SSSR count). The zero-order chi connectivity index (χ0) is 22.2. The van der Waals surface area contributed by atoms with E-state index in [9.17, 15) is 9.59 Å². The number of hydrogen-bond acceptors (Lipinski definition) is 4. The molecular weight excluding hydrogens is 455 g/mol. The van der Waals surface area contributed by atoms with Crippen LogP contribution in [0.1, 0.15) is 5.56 Å². The highest BCUT2D eigenvalue weighted by molar-refractivity contribution is 8.00. The second kappa shape index (κ2) is 11.1. The number of amides is 2. The lowest BCUT2D eigenvalue weighted by atomic mass is 10.1. The van der Waals surface area contributed by atoms with Gasteiger partial charge in [-0.2, -0.15) is 0 Å². The Bertz CT molecular complexity index is 1070. The Morgan fingerprint density at radius 2 is 1.65 bits per heavy atom. The zero-order valence-corrected chi connectivity index (χ0v) is 19.0. The molecule has 0 radical (unpaired) electrons. The first-order valence-corrected chi connectivity index (χ1v) is 11.1. The molecule has 2 N–H and O–H groups in total. The fourth-order valence-corrected chi connectivity index (χ4v) is 3.82. The highest BCUT2D eigenvalue weighted by Gasteiger charge is 2.10. The Morgan fingerprint density at radius 3 is 2.39 bits per heavy atom. The van der Waals surface area contributed by atoms with Gasteiger partial charge in [0.05, 0.1) is 25.0 Å². The summed E-state index contributed by atoms with van der Waals surface area (Å²) >= 11 is 13.2. The van der Waals surface area contributed by atoms with Gasteiger partial charge in [-0.25, -0.2) is 0 Å². The number of nitrogens with one attached hydrogen (secondary N) is 2. The van der Waals surface area contributed by atoms with Crippen LogP contribution in [-0.4, -0.2) is 24.7 Å². The maximum atomic E-state index is 12.3. The number of halogens is 2. The minimum Gasteiger partial charge on any atom is -0.495 e. The number of carbonyl (C=O) groups is 2. The molecule has 0 spiro atoms. The Labute approximate surface area is 195 Å². The van der Waals surface area contributed by atoms with E-state index in [0.29, 0.717) is 27.2 Å². The first kappa shape index (κ1) is 23.0. The van der Waals surface area contributed by atoms with E-state index in [1.54, 1.807) is 36.4 Å². The first-order valence-electron chi connectivity index (χ1n) is 9.33. The van der Waals surface area contributed by atoms with Crippen molar-refractivity contribution >= 4 is 58.2 Å². The van der Waals surface area contributed by atoms with E-state index in [1.165, 1.54) is 18.9 Å². The lowest BCUT2D eigenvalue weighted by Crippen LogP contribution is -2.15. The summed E-state index contributed by atoms with van der Waals surface area (Å²) in [6.45, 7) is 0. The molecular formula is C23H20Cl2N2O3S. The molecule has 0 unspecified atom stereocenters. The molecule has 31 heavy (non-hydrogen) atoms. The number of anilines is 2. The van der Waals surface area contributed by atoms with Gasteiger partial charge in [0.15, 0.2) is 0 Å². The van der Waals surface area contributed by atoms with Gasteiger partial charge in [-0.05, 0) is 54.1 Å². The van der Waals surface area contributed by atoms with Crippen LogP contribution < -0.4 is 15.4 Å². The number of benzene rings is 3. The highest BCUT2D eigenvalue weighted by Crippen LogP contribution is 2.28. The number of ether oxygens (including phenoxy) is 1. The lowest BCUT2D eigenvalue weighted by Gasteiger charge is -2.11. The molecule has 3 aromatic carbocycles. The van der Waals surface area contributed by atoms with Gasteiger partial charge in [-0.3, -0.25) is 9.59 Å². The molecule has 0 fully saturated rings. The summed E-state index contributed by atoms with van der Waals surface area (Å²) in [7, 11) is 1.53. The van der Waals surface area contributed by atoms with Crippen molar-refractivity contribution in [2.24, 2.45) is 0 Å². The summed E-state index contributed by atoms with van der Waals surface area (Å²) in [5, 5.41) is 6.82. The third kappa shape index (κ3) is 7.21. The molecule has 0 aromatic heterocycles. The molecule has 160 valence electrons. The quantitative estimate of drug-likeness (QED) is 0.398. The summed E-state index contributed by atoms with van der Waals surface area (Å²) in [6, 6.07) is 19.5. The minimum atomic E-state index is -0.192. The number of methoxy groups -OCH3 is 1. The maximum absolute atomic E-state index is 12.3. The van der Waals surface area contributed by atoms with E-state index < -0.39 is 0 Å². The molecule has 3 aromatic rings. The van der Waals surface area contributed by atoms with Crippen molar-refractivity contribution in [2.75, 3.05) is 23.5 Å². The summed E-state index contributed by atoms with van der Waals surface area (Å²) < 4.78 is 5.24. The van der Waals surface area contributed by atoms with Gasteiger partial charge in [0.25, 0.3) is 0 Å². The molecule has 0 aliphatic carbocycles. The molecule has 0 atom stereocenters. The summed E-state index contributed by atoms with van der Waals surface area (Å²) in [5.41, 5.74) is 2.06. The fraction of sp³-hybridized carbons (Fsp3) is 0.130. The number of hydrogen-bond donors (Lipinski definition) is 2. The smallest absolute Gasteiger partial charge is 0.234 e. The average molecular weight is 475 g/mol. The van der Waals surface area contributed by atoms with Crippen LogP contribution in [-0.2, 0) is 16.0 Å². The monoisotopic (exact) mass is 474 g/mol. The Kier molecular flexibility index (Phi) is 8.23. The molecule has 5 nitrogen and oxygen atoms in total. The van der Waals surface area contributed by atoms with Gasteiger partial charge < -0.3 is 15.4 Å². The van der Waals surface area contributed by atoms with Crippen molar-refractivity contribution in [3.05, 3.63) is 82.3 Å². The van der Waals surface area contributed by atoms with E-state index in [2.05, 4.69) is 10.6 Å². The van der Waals surface area contributed by atoms with Crippen LogP contribution in [0.4, 0.5) is 11.4 Å². The van der Waals surface area contributed by atoms with Crippen LogP contribution in [0.2, 0.25) is 10.0 Å². The number of rotatable bonds is 8. The molecule has 0 bridgehead atoms. The van der Waals surface area contributed by atoms with Crippen LogP contribution in [0.15, 0.2) is 71.6 Å². The Balaban J connectivity index is 1.54. The Morgan fingerprint density at radius 1 is 0.903 bits per heavy atom. The predicted octanol–water partition coefficient (Wildman–Crippen LogP) is 5.91. The lowest BCUT2D eigenvalue weighted by molar-refractivity contribution is -0.115. The van der Waals surface area contributed by atoms with Crippen molar-refractivity contribution in [2.45, 2.75) is 11.3 Å². The average Bonchev–Trinajstić information content (AvgIpc) is 2.74. The van der Waals surface area contributed by atoms with Gasteiger partial charge in [0.2, 0.25) is 11.8 Å². The van der Waals surface area contributed by atoms with Crippen LogP contribution in [0, 0.1) is 0 Å². The molecule has 0 heterocycles. The zero-order valence-electron chi connectivity index (χ0n) is 16.7. The van der Waals surface area contributed by atoms with Crippen LogP contribution in [0.5, 0.6) is 5.75 Å². The maximum Gasteiger partial charge on any atom is 0.234 e. The fourth-order valence-electron chi connectivity index (χ4n) is 2.77. The van der Waals surface area contributed by atoms with Crippen molar-refractivity contribution in [3.8, 4) is 5.75 Å². The SMILES string of the molecule is COc1ccc(Cl)cc1NC(=O)CSc1cccc(NC(=O)Cc2ccc(Cl)cc2)c1. The van der Waals surface area contributed by atoms with Gasteiger partial charge >= 0.3 is 0 Å². The predicted molar refractivity (Wildman–Crippen MR) is 128 cm³/mol. The molecule has 0 saturated heterocycles. The number of carbonyl (C=O) groups excluding carboxylic acids is 2. The van der Waals surface area contributed by atoms with Crippen molar-refractivity contribution < 1.29 is 14.3 Å². The topological polar surface area (TPSA) is 67.4 Å². The highest BCUT2D eigenvalue weighted by atomic mass is 35.5. The Hall–Kier alpha value is -2.67. The molecule has 0 saturated carbocycles. The first-order chi connectivity index (χ1) is 14.9. The molecule has 0 aliphatic heterocycles. The number of thioether (sulfide) groups is 1. The van der Waals surface area contributed by atoms with Crippen molar-refractivity contribution in [1.82, 2.24) is 0 Å². The van der Waals surface area contributed by atoms with E-state index in [0.717, 1.165) is 10.5 Å². The van der Waals surface area contributed by atoms with Gasteiger partial charge in [-0.1, -0.05) is 41.4 Å². The molecule has 0 aliphatic rings. The van der Waals surface area contributed by atoms with Crippen LogP contribution in [0.3, 0.4) is 0 Å². The second-order valence-electron chi connectivity index (χ2n) is 6.56. The van der Waals surface area contributed by atoms with Crippen molar-refractivity contribution in [1.29, 1.82) is 0 Å². The third-order valence-electron chi connectivity index (χ3n) is 4.20. The van der Waals surface area contributed by atoms with E-state index in [4.69, 9.17) is 27.9 Å². The molecule has 8 heteroatoms. The minimum absolute atomic E-state index is 0.129. The van der Waals surface area contributed by atoms with E-state index >= 15 is 0 Å². The largest absolute Gasteiger partial charge is 0.495 e. The third-order valence-corrected chi connectivity index (χ3v) is 5.68. The summed E-state index contributed by atoms with van der Waals surface area (Å²) in [6.07, 6.45) is 0.248. The van der Waals surface area contributed by atoms with Gasteiger partial charge in [0, 0.05) is 20.6 Å². The summed E-state index contributed by atoms with van der Waals surface area (Å²) in [4.78, 5) is 25.5. The normalized spacial score (nSPS) is 10.4. The second-order valence-corrected chi connectivity index (χ2v) is 8.48. The van der Waals surface area contributed by atoms with Gasteiger partial charge in [-0.15, -0.1) is 11.8 Å². The van der Waals surface area contributed by atoms with Crippen LogP contribution in [0.25, 0.3) is 0 Å². The van der Waals surface area contributed by atoms with Gasteiger partial charge in [0.1, 0.15) is 5.75 Å². The van der Waals surface area contributed by atoms with Crippen molar-refractivity contribution in [3.63, 3.8) is 0 Å². The van der Waals surface area contributed by atoms with E-state index in [-0.39, 0.29) is 24.0 Å². The summed E-state index contributed by atoms with van der Waals surface area (Å²) in [5.74, 6) is 0.406. The van der Waals surface area contributed by atoms with Crippen LogP contribution >= 0.6 is 35.0 Å².